The molecule has 0 aromatic carbocycles. The van der Waals surface area contributed by atoms with Crippen LogP contribution < -0.4 is 5.56 Å². The number of nitrogens with one attached hydrogen (secondary N) is 1. The maximum absolute atomic E-state index is 11.3. The molecule has 1 aliphatic carbocycles. The number of aromatic carboxylic acids is 1. The quantitative estimate of drug-likeness (QED) is 0.724. The van der Waals surface area contributed by atoms with Crippen molar-refractivity contribution in [2.75, 3.05) is 0 Å². The molecule has 1 aliphatic rings. The molecule has 0 atom stereocenters. The van der Waals surface area contributed by atoms with E-state index in [4.69, 9.17) is 5.11 Å². The first kappa shape index (κ1) is 8.93. The van der Waals surface area contributed by atoms with Gasteiger partial charge in [0.1, 0.15) is 5.82 Å². The predicted octanol–water partition coefficient (Wildman–Crippen LogP) is 0.654. The van der Waals surface area contributed by atoms with Crippen LogP contribution in [0.25, 0.3) is 0 Å². The van der Waals surface area contributed by atoms with E-state index < -0.39 is 5.97 Å². The van der Waals surface area contributed by atoms with Crippen molar-refractivity contribution in [2.24, 2.45) is 0 Å². The zero-order valence-electron chi connectivity index (χ0n) is 7.70. The Labute approximate surface area is 79.8 Å². The largest absolute Gasteiger partial charge is 0.476 e. The number of hydrogen-bond donors (Lipinski definition) is 2. The molecule has 1 aromatic heterocycles. The molecule has 0 amide bonds. The van der Waals surface area contributed by atoms with E-state index in [9.17, 15) is 9.59 Å². The third kappa shape index (κ3) is 1.41. The summed E-state index contributed by atoms with van der Waals surface area (Å²) >= 11 is 0. The number of aromatic nitrogens is 2. The van der Waals surface area contributed by atoms with Crippen LogP contribution in [0.2, 0.25) is 0 Å². The van der Waals surface area contributed by atoms with E-state index in [-0.39, 0.29) is 22.7 Å². The molecule has 2 rings (SSSR count). The number of aromatic amines is 1. The van der Waals surface area contributed by atoms with Gasteiger partial charge in [-0.1, -0.05) is 0 Å². The zero-order valence-corrected chi connectivity index (χ0v) is 7.70. The Balaban J connectivity index is 2.57. The highest BCUT2D eigenvalue weighted by Gasteiger charge is 2.27. The highest BCUT2D eigenvalue weighted by atomic mass is 16.4. The van der Waals surface area contributed by atoms with Gasteiger partial charge in [-0.15, -0.1) is 0 Å². The van der Waals surface area contributed by atoms with Crippen LogP contribution in [0.1, 0.15) is 40.6 Å². The Morgan fingerprint density at radius 1 is 1.57 bits per heavy atom. The van der Waals surface area contributed by atoms with Gasteiger partial charge in [0.15, 0.2) is 5.69 Å². The minimum Gasteiger partial charge on any atom is -0.476 e. The van der Waals surface area contributed by atoms with E-state index in [1.807, 2.05) is 0 Å². The molecule has 5 nitrogen and oxygen atoms in total. The molecule has 74 valence electrons. The monoisotopic (exact) mass is 194 g/mol. The minimum atomic E-state index is -1.14. The molecule has 5 heteroatoms. The van der Waals surface area contributed by atoms with Crippen molar-refractivity contribution >= 4 is 5.97 Å². The van der Waals surface area contributed by atoms with Crippen LogP contribution in [0.15, 0.2) is 4.79 Å². The topological polar surface area (TPSA) is 83.0 Å². The fraction of sp³-hybridized carbons (Fsp3) is 0.444. The van der Waals surface area contributed by atoms with Crippen molar-refractivity contribution in [1.29, 1.82) is 0 Å². The molecule has 0 aliphatic heterocycles. The third-order valence-electron chi connectivity index (χ3n) is 2.34. The molecule has 0 bridgehead atoms. The maximum Gasteiger partial charge on any atom is 0.355 e. The Bertz CT molecular complexity index is 446. The van der Waals surface area contributed by atoms with Crippen molar-refractivity contribution in [1.82, 2.24) is 9.97 Å². The first-order chi connectivity index (χ1) is 6.59. The molecular weight excluding hydrogens is 184 g/mol. The Morgan fingerprint density at radius 2 is 2.21 bits per heavy atom. The van der Waals surface area contributed by atoms with E-state index in [1.54, 1.807) is 0 Å². The number of carbonyl (C=O) groups is 1. The highest BCUT2D eigenvalue weighted by Crippen LogP contribution is 2.37. The summed E-state index contributed by atoms with van der Waals surface area (Å²) in [6, 6.07) is 0. The summed E-state index contributed by atoms with van der Waals surface area (Å²) in [7, 11) is 0. The molecule has 2 N–H and O–H groups in total. The van der Waals surface area contributed by atoms with Gasteiger partial charge in [0.25, 0.3) is 5.56 Å². The van der Waals surface area contributed by atoms with Crippen molar-refractivity contribution in [3.05, 3.63) is 27.4 Å². The zero-order chi connectivity index (χ0) is 10.3. The first-order valence-corrected chi connectivity index (χ1v) is 4.43. The maximum atomic E-state index is 11.3. The molecule has 0 unspecified atom stereocenters. The summed E-state index contributed by atoms with van der Waals surface area (Å²) in [6.07, 6.45) is 1.95. The summed E-state index contributed by atoms with van der Waals surface area (Å²) in [4.78, 5) is 28.6. The molecule has 0 saturated heterocycles. The lowest BCUT2D eigenvalue weighted by molar-refractivity contribution is 0.0688. The second-order valence-electron chi connectivity index (χ2n) is 3.50. The van der Waals surface area contributed by atoms with Crippen LogP contribution in [0.3, 0.4) is 0 Å². The van der Waals surface area contributed by atoms with Crippen LogP contribution in [-0.2, 0) is 0 Å². The molecule has 14 heavy (non-hydrogen) atoms. The van der Waals surface area contributed by atoms with Crippen molar-refractivity contribution in [3.63, 3.8) is 0 Å². The summed E-state index contributed by atoms with van der Waals surface area (Å²) in [5, 5.41) is 8.80. The standard InChI is InChI=1S/C9H10N2O3/c1-4-6(9(13)14)10-7(5-2-3-5)11-8(4)12/h5H,2-3H2,1H3,(H,13,14)(H,10,11,12). The van der Waals surface area contributed by atoms with Crippen LogP contribution in [0.5, 0.6) is 0 Å². The normalized spacial score (nSPS) is 15.5. The number of nitrogens with zero attached hydrogens (tertiary/aromatic N) is 1. The number of carboxylic acid groups (broad SMARTS) is 1. The number of carboxylic acids is 1. The number of rotatable bonds is 2. The molecule has 0 spiro atoms. The second kappa shape index (κ2) is 2.94. The first-order valence-electron chi connectivity index (χ1n) is 4.43. The van der Waals surface area contributed by atoms with E-state index in [1.165, 1.54) is 6.92 Å². The smallest absolute Gasteiger partial charge is 0.355 e. The average Bonchev–Trinajstić information content (AvgIpc) is 2.91. The van der Waals surface area contributed by atoms with Crippen LogP contribution >= 0.6 is 0 Å². The van der Waals surface area contributed by atoms with E-state index in [2.05, 4.69) is 9.97 Å². The summed E-state index contributed by atoms with van der Waals surface area (Å²) in [5.74, 6) is -0.380. The van der Waals surface area contributed by atoms with Gasteiger partial charge in [-0.05, 0) is 19.8 Å². The summed E-state index contributed by atoms with van der Waals surface area (Å²) in [5.41, 5.74) is -0.308. The molecular formula is C9H10N2O3. The van der Waals surface area contributed by atoms with E-state index in [0.29, 0.717) is 5.82 Å². The van der Waals surface area contributed by atoms with Crippen LogP contribution in [0, 0.1) is 6.92 Å². The van der Waals surface area contributed by atoms with Gasteiger partial charge in [0.05, 0.1) is 0 Å². The predicted molar refractivity (Wildman–Crippen MR) is 48.5 cm³/mol. The van der Waals surface area contributed by atoms with Gasteiger partial charge in [0, 0.05) is 11.5 Å². The number of H-pyrrole nitrogens is 1. The van der Waals surface area contributed by atoms with Crippen LogP contribution in [0.4, 0.5) is 0 Å². The van der Waals surface area contributed by atoms with E-state index in [0.717, 1.165) is 12.8 Å². The van der Waals surface area contributed by atoms with Crippen LogP contribution in [-0.4, -0.2) is 21.0 Å². The average molecular weight is 194 g/mol. The fourth-order valence-corrected chi connectivity index (χ4v) is 1.31. The third-order valence-corrected chi connectivity index (χ3v) is 2.34. The molecule has 1 aromatic rings. The van der Waals surface area contributed by atoms with Crippen molar-refractivity contribution in [2.45, 2.75) is 25.7 Å². The van der Waals surface area contributed by atoms with Crippen molar-refractivity contribution in [3.8, 4) is 0 Å². The molecule has 1 heterocycles. The lowest BCUT2D eigenvalue weighted by atomic mass is 10.2. The minimum absolute atomic E-state index is 0.129. The second-order valence-corrected chi connectivity index (χ2v) is 3.50. The Hall–Kier alpha value is -1.65. The van der Waals surface area contributed by atoms with Gasteiger partial charge in [-0.3, -0.25) is 4.79 Å². The van der Waals surface area contributed by atoms with Gasteiger partial charge < -0.3 is 10.1 Å². The highest BCUT2D eigenvalue weighted by molar-refractivity contribution is 5.86. The SMILES string of the molecule is Cc1c(C(=O)O)nc(C2CC2)[nH]c1=O. The molecule has 1 fully saturated rings. The summed E-state index contributed by atoms with van der Waals surface area (Å²) in [6.45, 7) is 1.46. The summed E-state index contributed by atoms with van der Waals surface area (Å²) < 4.78 is 0. The number of hydrogen-bond acceptors (Lipinski definition) is 3. The fourth-order valence-electron chi connectivity index (χ4n) is 1.31. The lowest BCUT2D eigenvalue weighted by Crippen LogP contribution is -2.20. The van der Waals surface area contributed by atoms with Gasteiger partial charge in [-0.2, -0.15) is 0 Å². The Morgan fingerprint density at radius 3 is 2.71 bits per heavy atom. The van der Waals surface area contributed by atoms with Crippen molar-refractivity contribution < 1.29 is 9.90 Å². The lowest BCUT2D eigenvalue weighted by Gasteiger charge is -2.02. The van der Waals surface area contributed by atoms with E-state index >= 15 is 0 Å². The van der Waals surface area contributed by atoms with Gasteiger partial charge in [0.2, 0.25) is 0 Å². The van der Waals surface area contributed by atoms with Gasteiger partial charge >= 0.3 is 5.97 Å². The van der Waals surface area contributed by atoms with Gasteiger partial charge in [-0.25, -0.2) is 9.78 Å². The Kier molecular flexibility index (Phi) is 1.87. The molecule has 1 saturated carbocycles. The molecule has 0 radical (unpaired) electrons.